The molecule has 1 atom stereocenters. The molecule has 2 aliphatic rings. The second-order valence-corrected chi connectivity index (χ2v) is 7.02. The van der Waals surface area contributed by atoms with E-state index < -0.39 is 0 Å². The van der Waals surface area contributed by atoms with Crippen molar-refractivity contribution in [3.63, 3.8) is 0 Å². The van der Waals surface area contributed by atoms with Gasteiger partial charge in [0.25, 0.3) is 0 Å². The lowest BCUT2D eigenvalue weighted by molar-refractivity contribution is 0.101. The number of nitrogens with zero attached hydrogens (tertiary/aromatic N) is 1. The number of anilines is 1. The minimum absolute atomic E-state index is 0.131. The normalized spacial score (nSPS) is 23.5. The molecule has 20 heavy (non-hydrogen) atoms. The highest BCUT2D eigenvalue weighted by atomic mass is 79.9. The van der Waals surface area contributed by atoms with Gasteiger partial charge in [-0.05, 0) is 72.7 Å². The molecule has 1 saturated heterocycles. The molecule has 3 heteroatoms. The van der Waals surface area contributed by atoms with Crippen molar-refractivity contribution in [3.8, 4) is 0 Å². The smallest absolute Gasteiger partial charge is 0.159 e. The van der Waals surface area contributed by atoms with E-state index in [1.807, 2.05) is 12.1 Å². The van der Waals surface area contributed by atoms with Crippen molar-refractivity contribution < 1.29 is 4.79 Å². The van der Waals surface area contributed by atoms with Crippen LogP contribution >= 0.6 is 15.9 Å². The number of Topliss-reactive ketones (excluding diaryl/α,β-unsaturated/α-hetero) is 1. The third-order valence-corrected chi connectivity index (χ3v) is 5.54. The van der Waals surface area contributed by atoms with Crippen molar-refractivity contribution in [3.05, 3.63) is 28.2 Å². The van der Waals surface area contributed by atoms with Crippen molar-refractivity contribution in [2.75, 3.05) is 11.4 Å². The SMILES string of the molecule is CC(=O)c1ccc(N2CCCC2C2CCCC2)c(Br)c1. The van der Waals surface area contributed by atoms with Gasteiger partial charge < -0.3 is 4.90 Å². The first-order chi connectivity index (χ1) is 9.66. The van der Waals surface area contributed by atoms with Crippen LogP contribution in [0.1, 0.15) is 55.8 Å². The van der Waals surface area contributed by atoms with E-state index in [-0.39, 0.29) is 5.78 Å². The average Bonchev–Trinajstić information content (AvgIpc) is 3.09. The Morgan fingerprint density at radius 2 is 1.95 bits per heavy atom. The number of carbonyl (C=O) groups is 1. The molecule has 0 radical (unpaired) electrons. The largest absolute Gasteiger partial charge is 0.367 e. The number of hydrogen-bond donors (Lipinski definition) is 0. The van der Waals surface area contributed by atoms with Gasteiger partial charge in [0.05, 0.1) is 5.69 Å². The van der Waals surface area contributed by atoms with Gasteiger partial charge in [0, 0.05) is 22.6 Å². The molecule has 0 spiro atoms. The van der Waals surface area contributed by atoms with Gasteiger partial charge in [-0.15, -0.1) is 0 Å². The number of rotatable bonds is 3. The Hall–Kier alpha value is -0.830. The van der Waals surface area contributed by atoms with Crippen LogP contribution in [0.25, 0.3) is 0 Å². The summed E-state index contributed by atoms with van der Waals surface area (Å²) in [5, 5.41) is 0. The first kappa shape index (κ1) is 14.1. The van der Waals surface area contributed by atoms with Crippen LogP contribution in [0.5, 0.6) is 0 Å². The number of halogens is 1. The summed E-state index contributed by atoms with van der Waals surface area (Å²) < 4.78 is 1.06. The molecule has 108 valence electrons. The molecule has 0 amide bonds. The van der Waals surface area contributed by atoms with Crippen LogP contribution in [0, 0.1) is 5.92 Å². The van der Waals surface area contributed by atoms with E-state index in [0.29, 0.717) is 6.04 Å². The zero-order valence-corrected chi connectivity index (χ0v) is 13.7. The quantitative estimate of drug-likeness (QED) is 0.738. The zero-order chi connectivity index (χ0) is 14.1. The molecular formula is C17H22BrNO. The van der Waals surface area contributed by atoms with Crippen molar-refractivity contribution in [2.45, 2.75) is 51.5 Å². The lowest BCUT2D eigenvalue weighted by Crippen LogP contribution is -2.34. The fourth-order valence-electron chi connectivity index (χ4n) is 3.88. The number of benzene rings is 1. The van der Waals surface area contributed by atoms with Crippen molar-refractivity contribution >= 4 is 27.4 Å². The van der Waals surface area contributed by atoms with Crippen molar-refractivity contribution in [2.24, 2.45) is 5.92 Å². The van der Waals surface area contributed by atoms with Crippen LogP contribution in [-0.4, -0.2) is 18.4 Å². The van der Waals surface area contributed by atoms with Gasteiger partial charge in [-0.3, -0.25) is 4.79 Å². The third kappa shape index (κ3) is 2.65. The van der Waals surface area contributed by atoms with E-state index in [4.69, 9.17) is 0 Å². The molecule has 1 aliphatic carbocycles. The first-order valence-electron chi connectivity index (χ1n) is 7.74. The summed E-state index contributed by atoms with van der Waals surface area (Å²) in [6.45, 7) is 2.78. The summed E-state index contributed by atoms with van der Waals surface area (Å²) in [6.07, 6.45) is 8.21. The summed E-state index contributed by atoms with van der Waals surface area (Å²) in [6, 6.07) is 6.76. The van der Waals surface area contributed by atoms with E-state index in [9.17, 15) is 4.79 Å². The van der Waals surface area contributed by atoms with E-state index in [0.717, 1.165) is 22.5 Å². The Labute approximate surface area is 129 Å². The van der Waals surface area contributed by atoms with Gasteiger partial charge in [-0.1, -0.05) is 12.8 Å². The Balaban J connectivity index is 1.85. The van der Waals surface area contributed by atoms with Crippen LogP contribution < -0.4 is 4.90 Å². The molecule has 1 aliphatic heterocycles. The maximum Gasteiger partial charge on any atom is 0.159 e. The van der Waals surface area contributed by atoms with Gasteiger partial charge in [0.2, 0.25) is 0 Å². The molecule has 1 aromatic carbocycles. The fourth-order valence-corrected chi connectivity index (χ4v) is 4.49. The zero-order valence-electron chi connectivity index (χ0n) is 12.1. The molecule has 0 bridgehead atoms. The van der Waals surface area contributed by atoms with Gasteiger partial charge in [-0.25, -0.2) is 0 Å². The van der Waals surface area contributed by atoms with Crippen molar-refractivity contribution in [1.29, 1.82) is 0 Å². The average molecular weight is 336 g/mol. The molecule has 1 aromatic rings. The van der Waals surface area contributed by atoms with Gasteiger partial charge in [-0.2, -0.15) is 0 Å². The molecule has 2 fully saturated rings. The number of hydrogen-bond acceptors (Lipinski definition) is 2. The first-order valence-corrected chi connectivity index (χ1v) is 8.53. The van der Waals surface area contributed by atoms with E-state index in [1.54, 1.807) is 6.92 Å². The Morgan fingerprint density at radius 3 is 2.60 bits per heavy atom. The fraction of sp³-hybridized carbons (Fsp3) is 0.588. The van der Waals surface area contributed by atoms with Crippen LogP contribution in [0.2, 0.25) is 0 Å². The maximum absolute atomic E-state index is 11.5. The third-order valence-electron chi connectivity index (χ3n) is 4.91. The molecular weight excluding hydrogens is 314 g/mol. The Bertz CT molecular complexity index is 508. The van der Waals surface area contributed by atoms with Gasteiger partial charge in [0.1, 0.15) is 0 Å². The second-order valence-electron chi connectivity index (χ2n) is 6.17. The van der Waals surface area contributed by atoms with E-state index >= 15 is 0 Å². The molecule has 1 heterocycles. The van der Waals surface area contributed by atoms with Crippen LogP contribution in [0.15, 0.2) is 22.7 Å². The Kier molecular flexibility index (Phi) is 4.16. The molecule has 0 N–H and O–H groups in total. The van der Waals surface area contributed by atoms with E-state index in [1.165, 1.54) is 44.2 Å². The van der Waals surface area contributed by atoms with Crippen LogP contribution in [0.4, 0.5) is 5.69 Å². The molecule has 3 rings (SSSR count). The van der Waals surface area contributed by atoms with Crippen LogP contribution in [-0.2, 0) is 0 Å². The monoisotopic (exact) mass is 335 g/mol. The standard InChI is InChI=1S/C17H22BrNO/c1-12(20)14-8-9-17(15(18)11-14)19-10-4-7-16(19)13-5-2-3-6-13/h8-9,11,13,16H,2-7,10H2,1H3. The highest BCUT2D eigenvalue weighted by molar-refractivity contribution is 9.10. The predicted molar refractivity (Wildman–Crippen MR) is 86.5 cm³/mol. The van der Waals surface area contributed by atoms with Gasteiger partial charge >= 0.3 is 0 Å². The summed E-state index contributed by atoms with van der Waals surface area (Å²) in [4.78, 5) is 14.0. The van der Waals surface area contributed by atoms with Gasteiger partial charge in [0.15, 0.2) is 5.78 Å². The number of carbonyl (C=O) groups excluding carboxylic acids is 1. The maximum atomic E-state index is 11.5. The summed E-state index contributed by atoms with van der Waals surface area (Å²) in [5.74, 6) is 1.00. The number of ketones is 1. The summed E-state index contributed by atoms with van der Waals surface area (Å²) in [7, 11) is 0. The van der Waals surface area contributed by atoms with Crippen LogP contribution in [0.3, 0.4) is 0 Å². The molecule has 2 nitrogen and oxygen atoms in total. The summed E-state index contributed by atoms with van der Waals surface area (Å²) >= 11 is 3.67. The molecule has 1 saturated carbocycles. The lowest BCUT2D eigenvalue weighted by atomic mass is 9.95. The molecule has 0 aromatic heterocycles. The van der Waals surface area contributed by atoms with Crippen molar-refractivity contribution in [1.82, 2.24) is 0 Å². The predicted octanol–water partition coefficient (Wildman–Crippen LogP) is 4.81. The minimum atomic E-state index is 0.131. The van der Waals surface area contributed by atoms with E-state index in [2.05, 4.69) is 26.9 Å². The Morgan fingerprint density at radius 1 is 1.20 bits per heavy atom. The molecule has 1 unspecified atom stereocenters. The minimum Gasteiger partial charge on any atom is -0.367 e. The topological polar surface area (TPSA) is 20.3 Å². The highest BCUT2D eigenvalue weighted by Gasteiger charge is 2.34. The lowest BCUT2D eigenvalue weighted by Gasteiger charge is -2.32. The second kappa shape index (κ2) is 5.88. The summed E-state index contributed by atoms with van der Waals surface area (Å²) in [5.41, 5.74) is 2.06. The highest BCUT2D eigenvalue weighted by Crippen LogP contribution is 2.40.